The summed E-state index contributed by atoms with van der Waals surface area (Å²) in [5.74, 6) is 0.703. The average molecular weight is 352 g/mol. The molecule has 1 saturated carbocycles. The van der Waals surface area contributed by atoms with Crippen LogP contribution in [0, 0.1) is 11.7 Å². The van der Waals surface area contributed by atoms with Crippen LogP contribution in [0.2, 0.25) is 0 Å². The molecule has 136 valence electrons. The van der Waals surface area contributed by atoms with Gasteiger partial charge in [0.05, 0.1) is 0 Å². The molecule has 2 aromatic rings. The average Bonchev–Trinajstić information content (AvgIpc) is 2.61. The highest BCUT2D eigenvalue weighted by molar-refractivity contribution is 5.79. The van der Waals surface area contributed by atoms with E-state index in [1.165, 1.54) is 12.5 Å². The standard InChI is InChI=1S/C22H25FN2O/c23-19-9-1-5-16(13-19)14-20-10-3-11-21(24-20)18-8-4-12-25(15-18)22(26)17-6-2-7-17/h1,3,5,9-11,13,17-18H,2,4,6-8,12,14-15H2/t18-/m1/s1. The van der Waals surface area contributed by atoms with Crippen LogP contribution in [-0.2, 0) is 11.2 Å². The minimum atomic E-state index is -0.212. The molecule has 2 fully saturated rings. The van der Waals surface area contributed by atoms with Crippen molar-refractivity contribution < 1.29 is 9.18 Å². The third-order valence-corrected chi connectivity index (χ3v) is 5.71. The zero-order chi connectivity index (χ0) is 17.9. The quantitative estimate of drug-likeness (QED) is 0.821. The Bertz CT molecular complexity index is 787. The van der Waals surface area contributed by atoms with Crippen molar-refractivity contribution in [3.8, 4) is 0 Å². The van der Waals surface area contributed by atoms with E-state index in [-0.39, 0.29) is 11.7 Å². The molecule has 1 amide bonds. The number of hydrogen-bond acceptors (Lipinski definition) is 2. The first-order valence-electron chi connectivity index (χ1n) is 9.68. The van der Waals surface area contributed by atoms with E-state index in [1.807, 2.05) is 18.2 Å². The summed E-state index contributed by atoms with van der Waals surface area (Å²) in [5, 5.41) is 0. The van der Waals surface area contributed by atoms with Crippen molar-refractivity contribution >= 4 is 5.91 Å². The van der Waals surface area contributed by atoms with E-state index in [0.717, 1.165) is 55.7 Å². The molecule has 1 atom stereocenters. The monoisotopic (exact) mass is 352 g/mol. The lowest BCUT2D eigenvalue weighted by Crippen LogP contribution is -2.44. The number of benzene rings is 1. The van der Waals surface area contributed by atoms with Crippen molar-refractivity contribution in [2.75, 3.05) is 13.1 Å². The topological polar surface area (TPSA) is 33.2 Å². The molecule has 2 heterocycles. The summed E-state index contributed by atoms with van der Waals surface area (Å²) in [7, 11) is 0. The number of nitrogens with zero attached hydrogens (tertiary/aromatic N) is 2. The van der Waals surface area contributed by atoms with Crippen molar-refractivity contribution in [1.29, 1.82) is 0 Å². The molecule has 26 heavy (non-hydrogen) atoms. The fourth-order valence-electron chi connectivity index (χ4n) is 4.01. The molecule has 1 aliphatic carbocycles. The first kappa shape index (κ1) is 17.2. The molecular formula is C22H25FN2O. The Hall–Kier alpha value is -2.23. The van der Waals surface area contributed by atoms with Crippen LogP contribution >= 0.6 is 0 Å². The van der Waals surface area contributed by atoms with Crippen LogP contribution < -0.4 is 0 Å². The van der Waals surface area contributed by atoms with E-state index in [2.05, 4.69) is 11.0 Å². The molecule has 2 aliphatic rings. The highest BCUT2D eigenvalue weighted by Gasteiger charge is 2.32. The number of carbonyl (C=O) groups is 1. The molecule has 0 N–H and O–H groups in total. The van der Waals surface area contributed by atoms with E-state index in [4.69, 9.17) is 4.98 Å². The Labute approximate surface area is 154 Å². The van der Waals surface area contributed by atoms with Crippen molar-refractivity contribution in [2.24, 2.45) is 5.92 Å². The van der Waals surface area contributed by atoms with Gasteiger partial charge in [-0.15, -0.1) is 0 Å². The summed E-state index contributed by atoms with van der Waals surface area (Å²) in [6.45, 7) is 1.67. The van der Waals surface area contributed by atoms with Crippen LogP contribution in [-0.4, -0.2) is 28.9 Å². The fraction of sp³-hybridized carbons (Fsp3) is 0.455. The van der Waals surface area contributed by atoms with E-state index in [1.54, 1.807) is 12.1 Å². The SMILES string of the molecule is O=C(C1CCC1)N1CCC[C@@H](c2cccc(Cc3cccc(F)c3)n2)C1. The number of pyridine rings is 1. The third-order valence-electron chi connectivity index (χ3n) is 5.71. The summed E-state index contributed by atoms with van der Waals surface area (Å²) in [6.07, 6.45) is 6.05. The molecule has 0 bridgehead atoms. The lowest BCUT2D eigenvalue weighted by molar-refractivity contribution is -0.139. The molecule has 1 aliphatic heterocycles. The number of aromatic nitrogens is 1. The second kappa shape index (κ2) is 7.56. The van der Waals surface area contributed by atoms with Gasteiger partial charge in [0, 0.05) is 42.7 Å². The van der Waals surface area contributed by atoms with Gasteiger partial charge >= 0.3 is 0 Å². The lowest BCUT2D eigenvalue weighted by Gasteiger charge is -2.37. The van der Waals surface area contributed by atoms with Gasteiger partial charge in [0.1, 0.15) is 5.82 Å². The second-order valence-electron chi connectivity index (χ2n) is 7.61. The molecule has 3 nitrogen and oxygen atoms in total. The van der Waals surface area contributed by atoms with Crippen molar-refractivity contribution in [3.63, 3.8) is 0 Å². The normalized spacial score (nSPS) is 20.7. The van der Waals surface area contributed by atoms with Gasteiger partial charge < -0.3 is 4.90 Å². The van der Waals surface area contributed by atoms with Crippen LogP contribution in [0.1, 0.15) is 55.0 Å². The predicted octanol–water partition coefficient (Wildman–Crippen LogP) is 4.32. The second-order valence-corrected chi connectivity index (χ2v) is 7.61. The predicted molar refractivity (Wildman–Crippen MR) is 99.3 cm³/mol. The Morgan fingerprint density at radius 3 is 2.73 bits per heavy atom. The number of piperidine rings is 1. The maximum absolute atomic E-state index is 13.4. The van der Waals surface area contributed by atoms with Gasteiger partial charge in [-0.3, -0.25) is 9.78 Å². The number of hydrogen-bond donors (Lipinski definition) is 0. The Balaban J connectivity index is 1.46. The van der Waals surface area contributed by atoms with E-state index in [0.29, 0.717) is 18.2 Å². The van der Waals surface area contributed by atoms with E-state index < -0.39 is 0 Å². The zero-order valence-corrected chi connectivity index (χ0v) is 15.0. The Morgan fingerprint density at radius 2 is 1.96 bits per heavy atom. The first-order chi connectivity index (χ1) is 12.7. The number of rotatable bonds is 4. The maximum Gasteiger partial charge on any atom is 0.225 e. The minimum Gasteiger partial charge on any atom is -0.342 e. The molecule has 4 rings (SSSR count). The number of amides is 1. The minimum absolute atomic E-state index is 0.212. The van der Waals surface area contributed by atoms with Gasteiger partial charge in [-0.05, 0) is 55.5 Å². The number of halogens is 1. The highest BCUT2D eigenvalue weighted by Crippen LogP contribution is 2.32. The largest absolute Gasteiger partial charge is 0.342 e. The summed E-state index contributed by atoms with van der Waals surface area (Å²) in [6, 6.07) is 12.8. The first-order valence-corrected chi connectivity index (χ1v) is 9.68. The van der Waals surface area contributed by atoms with E-state index >= 15 is 0 Å². The Kier molecular flexibility index (Phi) is 5.00. The molecule has 1 aromatic heterocycles. The van der Waals surface area contributed by atoms with Crippen LogP contribution in [0.3, 0.4) is 0 Å². The lowest BCUT2D eigenvalue weighted by atomic mass is 9.83. The fourth-order valence-corrected chi connectivity index (χ4v) is 4.01. The number of carbonyl (C=O) groups excluding carboxylic acids is 1. The van der Waals surface area contributed by atoms with Crippen LogP contribution in [0.5, 0.6) is 0 Å². The van der Waals surface area contributed by atoms with E-state index in [9.17, 15) is 9.18 Å². The molecular weight excluding hydrogens is 327 g/mol. The number of likely N-dealkylation sites (tertiary alicyclic amines) is 1. The van der Waals surface area contributed by atoms with Crippen molar-refractivity contribution in [3.05, 3.63) is 65.2 Å². The van der Waals surface area contributed by atoms with Crippen molar-refractivity contribution in [2.45, 2.75) is 44.4 Å². The molecule has 0 spiro atoms. The van der Waals surface area contributed by atoms with Crippen LogP contribution in [0.25, 0.3) is 0 Å². The maximum atomic E-state index is 13.4. The molecule has 0 radical (unpaired) electrons. The van der Waals surface area contributed by atoms with Crippen LogP contribution in [0.4, 0.5) is 4.39 Å². The van der Waals surface area contributed by atoms with Gasteiger partial charge in [0.25, 0.3) is 0 Å². The molecule has 1 aromatic carbocycles. The summed E-state index contributed by atoms with van der Waals surface area (Å²) in [4.78, 5) is 19.5. The molecule has 1 saturated heterocycles. The van der Waals surface area contributed by atoms with Crippen molar-refractivity contribution in [1.82, 2.24) is 9.88 Å². The molecule has 0 unspecified atom stereocenters. The highest BCUT2D eigenvalue weighted by atomic mass is 19.1. The van der Waals surface area contributed by atoms with Gasteiger partial charge in [0.15, 0.2) is 0 Å². The third kappa shape index (κ3) is 3.79. The smallest absolute Gasteiger partial charge is 0.225 e. The summed E-state index contributed by atoms with van der Waals surface area (Å²) >= 11 is 0. The van der Waals surface area contributed by atoms with Gasteiger partial charge in [0.2, 0.25) is 5.91 Å². The van der Waals surface area contributed by atoms with Crippen LogP contribution in [0.15, 0.2) is 42.5 Å². The van der Waals surface area contributed by atoms with Gasteiger partial charge in [-0.1, -0.05) is 24.6 Å². The molecule has 4 heteroatoms. The summed E-state index contributed by atoms with van der Waals surface area (Å²) < 4.78 is 13.4. The van der Waals surface area contributed by atoms with Gasteiger partial charge in [-0.25, -0.2) is 4.39 Å². The van der Waals surface area contributed by atoms with Gasteiger partial charge in [-0.2, -0.15) is 0 Å². The zero-order valence-electron chi connectivity index (χ0n) is 15.0. The Morgan fingerprint density at radius 1 is 1.12 bits per heavy atom. The summed E-state index contributed by atoms with van der Waals surface area (Å²) in [5.41, 5.74) is 2.95.